The zero-order valence-corrected chi connectivity index (χ0v) is 19.7. The molecule has 0 aromatic heterocycles. The van der Waals surface area contributed by atoms with Gasteiger partial charge in [0, 0.05) is 9.99 Å². The number of rotatable bonds is 6. The molecule has 0 aliphatic carbocycles. The highest BCUT2D eigenvalue weighted by molar-refractivity contribution is 14.1. The lowest BCUT2D eigenvalue weighted by molar-refractivity contribution is -0.134. The zero-order valence-electron chi connectivity index (χ0n) is 16.0. The molecule has 1 aliphatic heterocycles. The summed E-state index contributed by atoms with van der Waals surface area (Å²) >= 11 is 14.6. The number of aliphatic imine (C=N–C) groups is 1. The third-order valence-electron chi connectivity index (χ3n) is 3.92. The van der Waals surface area contributed by atoms with Crippen molar-refractivity contribution in [3.05, 3.63) is 60.8 Å². The molecule has 1 heterocycles. The fourth-order valence-electron chi connectivity index (χ4n) is 2.56. The van der Waals surface area contributed by atoms with Crippen molar-refractivity contribution in [3.63, 3.8) is 0 Å². The van der Waals surface area contributed by atoms with Crippen LogP contribution >= 0.6 is 45.8 Å². The predicted molar refractivity (Wildman–Crippen MR) is 123 cm³/mol. The van der Waals surface area contributed by atoms with Crippen molar-refractivity contribution in [1.29, 1.82) is 0 Å². The maximum absolute atomic E-state index is 12.3. The van der Waals surface area contributed by atoms with E-state index in [4.69, 9.17) is 37.4 Å². The largest absolute Gasteiger partial charge is 0.490 e. The molecule has 3 rings (SSSR count). The molecule has 0 atom stereocenters. The van der Waals surface area contributed by atoms with Gasteiger partial charge in [0.15, 0.2) is 17.2 Å². The van der Waals surface area contributed by atoms with Gasteiger partial charge in [0.1, 0.15) is 0 Å². The second kappa shape index (κ2) is 9.80. The molecule has 0 spiro atoms. The van der Waals surface area contributed by atoms with Gasteiger partial charge in [-0.3, -0.25) is 4.79 Å². The van der Waals surface area contributed by atoms with E-state index >= 15 is 0 Å². The van der Waals surface area contributed by atoms with Crippen molar-refractivity contribution in [2.24, 2.45) is 4.99 Å². The summed E-state index contributed by atoms with van der Waals surface area (Å²) in [6.45, 7) is 3.81. The number of carbonyl (C=O) groups is 2. The number of benzene rings is 2. The molecule has 0 saturated carbocycles. The predicted octanol–water partition coefficient (Wildman–Crippen LogP) is 5.66. The summed E-state index contributed by atoms with van der Waals surface area (Å²) < 4.78 is 17.0. The smallest absolute Gasteiger partial charge is 0.363 e. The molecule has 0 bridgehead atoms. The van der Waals surface area contributed by atoms with Gasteiger partial charge >= 0.3 is 11.9 Å². The third-order valence-corrected chi connectivity index (χ3v) is 5.20. The Morgan fingerprint density at radius 3 is 2.67 bits per heavy atom. The number of hydrogen-bond donors (Lipinski definition) is 0. The number of esters is 2. The number of halogens is 3. The lowest BCUT2D eigenvalue weighted by Crippen LogP contribution is -2.08. The molecule has 0 unspecified atom stereocenters. The summed E-state index contributed by atoms with van der Waals surface area (Å²) in [4.78, 5) is 28.3. The van der Waals surface area contributed by atoms with E-state index in [2.05, 4.69) is 27.6 Å². The van der Waals surface area contributed by atoms with Gasteiger partial charge in [0.05, 0.1) is 22.2 Å². The highest BCUT2D eigenvalue weighted by atomic mass is 127. The van der Waals surface area contributed by atoms with E-state index in [0.29, 0.717) is 22.8 Å². The van der Waals surface area contributed by atoms with Gasteiger partial charge in [0.25, 0.3) is 0 Å². The first kappa shape index (κ1) is 22.6. The van der Waals surface area contributed by atoms with Crippen molar-refractivity contribution >= 4 is 69.7 Å². The Balaban J connectivity index is 1.99. The maximum Gasteiger partial charge on any atom is 0.363 e. The number of hydrogen-bond acceptors (Lipinski definition) is 6. The SMILES string of the molecule is CCOc1cc(/C=C2\N=C(c3cc(I)ccc3Cl)OC2=O)cc(Cl)c1OC(=O)CC. The average molecular weight is 560 g/mol. The molecule has 30 heavy (non-hydrogen) atoms. The number of ether oxygens (including phenoxy) is 3. The minimum absolute atomic E-state index is 0.0803. The van der Waals surface area contributed by atoms with E-state index in [1.54, 1.807) is 38.1 Å². The molecule has 0 amide bonds. The molecule has 6 nitrogen and oxygen atoms in total. The molecule has 9 heteroatoms. The first-order chi connectivity index (χ1) is 14.3. The summed E-state index contributed by atoms with van der Waals surface area (Å²) in [6, 6.07) is 8.49. The summed E-state index contributed by atoms with van der Waals surface area (Å²) in [5.74, 6) is -0.506. The summed E-state index contributed by atoms with van der Waals surface area (Å²) in [6.07, 6.45) is 1.70. The van der Waals surface area contributed by atoms with Crippen molar-refractivity contribution in [2.45, 2.75) is 20.3 Å². The topological polar surface area (TPSA) is 74.2 Å². The molecule has 2 aromatic carbocycles. The Kier molecular flexibility index (Phi) is 7.38. The minimum Gasteiger partial charge on any atom is -0.490 e. The second-order valence-electron chi connectivity index (χ2n) is 6.05. The van der Waals surface area contributed by atoms with E-state index < -0.39 is 11.9 Å². The molecule has 1 aliphatic rings. The van der Waals surface area contributed by atoms with Gasteiger partial charge in [0.2, 0.25) is 5.90 Å². The number of cyclic esters (lactones) is 1. The first-order valence-electron chi connectivity index (χ1n) is 8.97. The number of nitrogens with zero attached hydrogens (tertiary/aromatic N) is 1. The monoisotopic (exact) mass is 559 g/mol. The lowest BCUT2D eigenvalue weighted by Gasteiger charge is -2.13. The summed E-state index contributed by atoms with van der Waals surface area (Å²) in [5.41, 5.74) is 1.14. The van der Waals surface area contributed by atoms with Crippen molar-refractivity contribution in [2.75, 3.05) is 6.61 Å². The Hall–Kier alpha value is -2.10. The fraction of sp³-hybridized carbons (Fsp3) is 0.190. The van der Waals surface area contributed by atoms with Crippen LogP contribution in [0.4, 0.5) is 0 Å². The van der Waals surface area contributed by atoms with Crippen LogP contribution in [0.1, 0.15) is 31.4 Å². The van der Waals surface area contributed by atoms with Crippen LogP contribution in [0.3, 0.4) is 0 Å². The Bertz CT molecular complexity index is 1080. The Morgan fingerprint density at radius 2 is 1.97 bits per heavy atom. The van der Waals surface area contributed by atoms with Crippen LogP contribution in [-0.4, -0.2) is 24.4 Å². The molecule has 0 radical (unpaired) electrons. The minimum atomic E-state index is -0.615. The van der Waals surface area contributed by atoms with Gasteiger partial charge in [-0.15, -0.1) is 0 Å². The normalized spacial score (nSPS) is 14.5. The van der Waals surface area contributed by atoms with Crippen LogP contribution in [0, 0.1) is 3.57 Å². The van der Waals surface area contributed by atoms with Crippen molar-refractivity contribution < 1.29 is 23.8 Å². The molecule has 0 saturated heterocycles. The number of carbonyl (C=O) groups excluding carboxylic acids is 2. The Labute approximate surface area is 197 Å². The molecular weight excluding hydrogens is 544 g/mol. The van der Waals surface area contributed by atoms with E-state index in [9.17, 15) is 9.59 Å². The quantitative estimate of drug-likeness (QED) is 0.198. The van der Waals surface area contributed by atoms with Gasteiger partial charge in [-0.1, -0.05) is 30.1 Å². The van der Waals surface area contributed by atoms with Gasteiger partial charge in [-0.05, 0) is 71.5 Å². The van der Waals surface area contributed by atoms with E-state index in [1.807, 2.05) is 6.07 Å². The van der Waals surface area contributed by atoms with Crippen LogP contribution in [0.2, 0.25) is 10.0 Å². The zero-order chi connectivity index (χ0) is 21.8. The Morgan fingerprint density at radius 1 is 1.20 bits per heavy atom. The van der Waals surface area contributed by atoms with Gasteiger partial charge in [-0.2, -0.15) is 0 Å². The van der Waals surface area contributed by atoms with Crippen LogP contribution in [0.15, 0.2) is 41.0 Å². The van der Waals surface area contributed by atoms with Crippen molar-refractivity contribution in [3.8, 4) is 11.5 Å². The molecule has 156 valence electrons. The molecule has 0 fully saturated rings. The summed E-state index contributed by atoms with van der Waals surface area (Å²) in [7, 11) is 0. The lowest BCUT2D eigenvalue weighted by atomic mass is 10.1. The highest BCUT2D eigenvalue weighted by Crippen LogP contribution is 2.38. The molecule has 2 aromatic rings. The standard InChI is InChI=1S/C21H16Cl2INO5/c1-3-18(26)29-19-15(23)7-11(9-17(19)28-4-2)8-16-21(27)30-20(25-16)13-10-12(24)5-6-14(13)22/h5-10H,3-4H2,1-2H3/b16-8-. The van der Waals surface area contributed by atoms with Gasteiger partial charge < -0.3 is 14.2 Å². The van der Waals surface area contributed by atoms with E-state index in [1.165, 1.54) is 6.08 Å². The van der Waals surface area contributed by atoms with Crippen LogP contribution < -0.4 is 9.47 Å². The van der Waals surface area contributed by atoms with Crippen LogP contribution in [-0.2, 0) is 14.3 Å². The van der Waals surface area contributed by atoms with Crippen LogP contribution in [0.5, 0.6) is 11.5 Å². The van der Waals surface area contributed by atoms with Gasteiger partial charge in [-0.25, -0.2) is 9.79 Å². The maximum atomic E-state index is 12.3. The van der Waals surface area contributed by atoms with E-state index in [0.717, 1.165) is 3.57 Å². The van der Waals surface area contributed by atoms with Crippen molar-refractivity contribution in [1.82, 2.24) is 0 Å². The molecule has 0 N–H and O–H groups in total. The third kappa shape index (κ3) is 5.14. The summed E-state index contributed by atoms with van der Waals surface area (Å²) in [5, 5.41) is 0.595. The van der Waals surface area contributed by atoms with E-state index in [-0.39, 0.29) is 34.5 Å². The molecular formula is C21H16Cl2INO5. The first-order valence-corrected chi connectivity index (χ1v) is 10.8. The van der Waals surface area contributed by atoms with Crippen LogP contribution in [0.25, 0.3) is 6.08 Å². The average Bonchev–Trinajstić information content (AvgIpc) is 3.06. The highest BCUT2D eigenvalue weighted by Gasteiger charge is 2.26. The second-order valence-corrected chi connectivity index (χ2v) is 8.11. The fourth-order valence-corrected chi connectivity index (χ4v) is 3.51.